The van der Waals surface area contributed by atoms with Crippen LogP contribution in [0.25, 0.3) is 0 Å². The molecule has 2 aromatic rings. The first kappa shape index (κ1) is 23.6. The number of hydrogen-bond donors (Lipinski definition) is 0. The molecular formula is C13Br4Cl6O3. The average molecular weight is 736 g/mol. The normalized spacial score (nSPS) is 10.8. The number of ether oxygens (including phenoxy) is 2. The molecule has 0 fully saturated rings. The fourth-order valence-corrected chi connectivity index (χ4v) is 5.55. The second-order valence-electron chi connectivity index (χ2n) is 4.25. The van der Waals surface area contributed by atoms with E-state index in [4.69, 9.17) is 79.1 Å². The summed E-state index contributed by atoms with van der Waals surface area (Å²) in [7, 11) is 0. The fraction of sp³-hybridized carbons (Fsp3) is 0. The van der Waals surface area contributed by atoms with E-state index in [1.807, 2.05) is 0 Å². The third kappa shape index (κ3) is 4.58. The van der Waals surface area contributed by atoms with Gasteiger partial charge in [0, 0.05) is 0 Å². The molecule has 0 amide bonds. The lowest BCUT2D eigenvalue weighted by atomic mass is 10.3. The molecule has 0 aliphatic carbocycles. The SMILES string of the molecule is O=C(Oc1c(Cl)c(Cl)c(Br)c(Cl)c1Br)Oc1c(Cl)c(Cl)c(Br)c(Cl)c1Br. The van der Waals surface area contributed by atoms with Gasteiger partial charge in [-0.3, -0.25) is 0 Å². The smallest absolute Gasteiger partial charge is 0.392 e. The first-order chi connectivity index (χ1) is 12.0. The summed E-state index contributed by atoms with van der Waals surface area (Å²) in [5, 5.41) is 0.271. The zero-order chi connectivity index (χ0) is 19.9. The maximum absolute atomic E-state index is 12.2. The van der Waals surface area contributed by atoms with E-state index in [0.717, 1.165) is 0 Å². The topological polar surface area (TPSA) is 35.5 Å². The van der Waals surface area contributed by atoms with Gasteiger partial charge in [0.2, 0.25) is 0 Å². The standard InChI is InChI=1S/C13Br4Cl6O3/c14-1-5(18)3(16)11(9(22)7(1)20)25-13(24)26-12-4(17)6(19)2(15)8(21)10(12)23. The van der Waals surface area contributed by atoms with Crippen molar-refractivity contribution in [2.45, 2.75) is 0 Å². The Bertz CT molecular complexity index is 806. The van der Waals surface area contributed by atoms with Crippen LogP contribution < -0.4 is 9.47 Å². The van der Waals surface area contributed by atoms with Crippen molar-refractivity contribution in [1.29, 1.82) is 0 Å². The molecule has 13 heteroatoms. The van der Waals surface area contributed by atoms with E-state index in [1.165, 1.54) is 0 Å². The quantitative estimate of drug-likeness (QED) is 0.133. The number of carbonyl (C=O) groups excluding carboxylic acids is 1. The molecule has 0 radical (unpaired) electrons. The van der Waals surface area contributed by atoms with Crippen molar-refractivity contribution < 1.29 is 14.3 Å². The van der Waals surface area contributed by atoms with Gasteiger partial charge in [-0.1, -0.05) is 69.6 Å². The first-order valence-corrected chi connectivity index (χ1v) is 11.4. The monoisotopic (exact) mass is 729 g/mol. The average Bonchev–Trinajstić information content (AvgIpc) is 2.62. The van der Waals surface area contributed by atoms with Gasteiger partial charge in [0.1, 0.15) is 10.0 Å². The summed E-state index contributed by atoms with van der Waals surface area (Å²) in [5.41, 5.74) is 0. The lowest BCUT2D eigenvalue weighted by Gasteiger charge is -2.15. The highest BCUT2D eigenvalue weighted by atomic mass is 79.9. The van der Waals surface area contributed by atoms with Crippen molar-refractivity contribution in [1.82, 2.24) is 0 Å². The fourth-order valence-electron chi connectivity index (χ4n) is 1.54. The Morgan fingerprint density at radius 2 is 0.846 bits per heavy atom. The van der Waals surface area contributed by atoms with Crippen molar-refractivity contribution in [2.24, 2.45) is 0 Å². The highest BCUT2D eigenvalue weighted by molar-refractivity contribution is 9.11. The van der Waals surface area contributed by atoms with Gasteiger partial charge >= 0.3 is 6.16 Å². The zero-order valence-corrected chi connectivity index (χ0v) is 22.4. The number of benzene rings is 2. The van der Waals surface area contributed by atoms with Crippen LogP contribution in [0.2, 0.25) is 30.1 Å². The van der Waals surface area contributed by atoms with Crippen LogP contribution in [0, 0.1) is 0 Å². The molecule has 0 aromatic heterocycles. The van der Waals surface area contributed by atoms with Crippen LogP contribution in [0.15, 0.2) is 17.9 Å². The van der Waals surface area contributed by atoms with Crippen molar-refractivity contribution in [3.05, 3.63) is 48.0 Å². The third-order valence-electron chi connectivity index (χ3n) is 2.71. The number of halogens is 10. The molecule has 3 nitrogen and oxygen atoms in total. The molecule has 26 heavy (non-hydrogen) atoms. The van der Waals surface area contributed by atoms with Gasteiger partial charge in [0.05, 0.1) is 38.0 Å². The maximum atomic E-state index is 12.2. The zero-order valence-electron chi connectivity index (χ0n) is 11.5. The minimum atomic E-state index is -1.18. The molecule has 0 aliphatic rings. The second-order valence-corrected chi connectivity index (χ2v) is 9.69. The number of hydrogen-bond acceptors (Lipinski definition) is 3. The molecule has 0 aliphatic heterocycles. The van der Waals surface area contributed by atoms with Crippen LogP contribution in [-0.4, -0.2) is 6.16 Å². The molecular weight excluding hydrogens is 736 g/mol. The van der Waals surface area contributed by atoms with E-state index in [9.17, 15) is 4.79 Å². The summed E-state index contributed by atoms with van der Waals surface area (Å²) in [6.45, 7) is 0. The van der Waals surface area contributed by atoms with Crippen LogP contribution in [0.3, 0.4) is 0 Å². The van der Waals surface area contributed by atoms with Crippen LogP contribution in [0.5, 0.6) is 11.5 Å². The highest BCUT2D eigenvalue weighted by Gasteiger charge is 2.26. The molecule has 0 saturated carbocycles. The summed E-state index contributed by atoms with van der Waals surface area (Å²) in [5.74, 6) is -0.284. The van der Waals surface area contributed by atoms with Crippen molar-refractivity contribution >= 4 is 139 Å². The molecule has 0 spiro atoms. The van der Waals surface area contributed by atoms with Crippen molar-refractivity contribution in [3.63, 3.8) is 0 Å². The minimum Gasteiger partial charge on any atom is -0.392 e. The van der Waals surface area contributed by atoms with Crippen molar-refractivity contribution in [2.75, 3.05) is 0 Å². The lowest BCUT2D eigenvalue weighted by molar-refractivity contribution is 0.151. The molecule has 2 aromatic carbocycles. The molecule has 0 heterocycles. The molecule has 0 N–H and O–H groups in total. The van der Waals surface area contributed by atoms with E-state index in [0.29, 0.717) is 8.95 Å². The van der Waals surface area contributed by atoms with E-state index in [1.54, 1.807) is 0 Å². The highest BCUT2D eigenvalue weighted by Crippen LogP contribution is 2.50. The molecule has 0 saturated heterocycles. The molecule has 140 valence electrons. The maximum Gasteiger partial charge on any atom is 0.519 e. The Morgan fingerprint density at radius 3 is 1.15 bits per heavy atom. The second kappa shape index (κ2) is 9.45. The van der Waals surface area contributed by atoms with Crippen LogP contribution >= 0.6 is 133 Å². The van der Waals surface area contributed by atoms with Gasteiger partial charge in [0.25, 0.3) is 0 Å². The lowest BCUT2D eigenvalue weighted by Crippen LogP contribution is -2.15. The Kier molecular flexibility index (Phi) is 8.60. The summed E-state index contributed by atoms with van der Waals surface area (Å²) in [6.07, 6.45) is -1.18. The van der Waals surface area contributed by atoms with E-state index < -0.39 is 6.16 Å². The largest absolute Gasteiger partial charge is 0.519 e. The van der Waals surface area contributed by atoms with E-state index in [2.05, 4.69) is 63.7 Å². The summed E-state index contributed by atoms with van der Waals surface area (Å²) < 4.78 is 11.3. The van der Waals surface area contributed by atoms with Gasteiger partial charge in [-0.05, 0) is 63.7 Å². The van der Waals surface area contributed by atoms with Gasteiger partial charge in [-0.25, -0.2) is 4.79 Å². The summed E-state index contributed by atoms with van der Waals surface area (Å²) >= 11 is 49.1. The van der Waals surface area contributed by atoms with Gasteiger partial charge in [-0.2, -0.15) is 0 Å². The first-order valence-electron chi connectivity index (χ1n) is 5.91. The van der Waals surface area contributed by atoms with E-state index >= 15 is 0 Å². The summed E-state index contributed by atoms with van der Waals surface area (Å²) in [4.78, 5) is 12.2. The van der Waals surface area contributed by atoms with Crippen LogP contribution in [-0.2, 0) is 0 Å². The summed E-state index contributed by atoms with van der Waals surface area (Å²) in [6, 6.07) is 0. The molecule has 2 rings (SSSR count). The Labute approximate surface area is 211 Å². The Morgan fingerprint density at radius 1 is 0.538 bits per heavy atom. The third-order valence-corrected chi connectivity index (χ3v) is 9.61. The van der Waals surface area contributed by atoms with Gasteiger partial charge in [0.15, 0.2) is 11.5 Å². The Balaban J connectivity index is 2.41. The molecule has 0 unspecified atom stereocenters. The number of carbonyl (C=O) groups is 1. The van der Waals surface area contributed by atoms with E-state index in [-0.39, 0.29) is 50.6 Å². The molecule has 0 atom stereocenters. The predicted octanol–water partition coefficient (Wildman–Crippen LogP) is 10.2. The van der Waals surface area contributed by atoms with Crippen molar-refractivity contribution in [3.8, 4) is 11.5 Å². The van der Waals surface area contributed by atoms with Crippen LogP contribution in [0.1, 0.15) is 0 Å². The minimum absolute atomic E-state index is 0.0524. The van der Waals surface area contributed by atoms with Gasteiger partial charge in [-0.15, -0.1) is 0 Å². The van der Waals surface area contributed by atoms with Gasteiger partial charge < -0.3 is 9.47 Å². The number of rotatable bonds is 2. The molecule has 0 bridgehead atoms. The Hall–Kier alpha value is 1.37. The van der Waals surface area contributed by atoms with Crippen LogP contribution in [0.4, 0.5) is 4.79 Å². The predicted molar refractivity (Wildman–Crippen MR) is 120 cm³/mol.